The molecule has 1 N–H and O–H groups in total. The maximum atomic E-state index is 12.1. The van der Waals surface area contributed by atoms with Gasteiger partial charge in [-0.25, -0.2) is 0 Å². The predicted octanol–water partition coefficient (Wildman–Crippen LogP) is 2.13. The van der Waals surface area contributed by atoms with E-state index in [-0.39, 0.29) is 24.0 Å². The lowest BCUT2D eigenvalue weighted by atomic mass is 10.1. The van der Waals surface area contributed by atoms with Gasteiger partial charge in [-0.2, -0.15) is 0 Å². The molecule has 160 valence electrons. The Hall–Kier alpha value is -3.17. The molecule has 0 bridgehead atoms. The van der Waals surface area contributed by atoms with Crippen molar-refractivity contribution in [2.75, 3.05) is 40.0 Å². The van der Waals surface area contributed by atoms with Crippen LogP contribution in [0.4, 0.5) is 5.69 Å². The summed E-state index contributed by atoms with van der Waals surface area (Å²) in [6.07, 6.45) is 0. The van der Waals surface area contributed by atoms with Gasteiger partial charge in [0.15, 0.2) is 6.61 Å². The normalized spacial score (nSPS) is 14.2. The largest absolute Gasteiger partial charge is 0.490 e. The Bertz CT molecular complexity index is 866. The maximum Gasteiger partial charge on any atom is 0.311 e. The van der Waals surface area contributed by atoms with Crippen LogP contribution in [0.2, 0.25) is 0 Å². The Labute approximate surface area is 174 Å². The second kappa shape index (κ2) is 10.6. The van der Waals surface area contributed by atoms with Gasteiger partial charge in [-0.15, -0.1) is 0 Å². The molecule has 1 amide bonds. The first-order chi connectivity index (χ1) is 14.5. The zero-order valence-corrected chi connectivity index (χ0v) is 16.8. The van der Waals surface area contributed by atoms with E-state index in [1.165, 1.54) is 30.9 Å². The first-order valence-corrected chi connectivity index (χ1v) is 9.65. The van der Waals surface area contributed by atoms with Crippen LogP contribution in [-0.4, -0.2) is 55.8 Å². The topological polar surface area (TPSA) is 103 Å². The first kappa shape index (κ1) is 21.5. The third kappa shape index (κ3) is 6.16. The second-order valence-corrected chi connectivity index (χ2v) is 6.86. The predicted molar refractivity (Wildman–Crippen MR) is 110 cm³/mol. The number of carbonyl (C=O) groups is 1. The second-order valence-electron chi connectivity index (χ2n) is 6.86. The standard InChI is InChI=1S/C21H25N3O6/c1-28-20-12-18(6-7-19(20)24(26)27)30-15-21(25)22-13-16-2-4-17(5-3-16)14-23-8-10-29-11-9-23/h2-7,12H,8-11,13-15H2,1H3,(H,22,25). The Kier molecular flexibility index (Phi) is 7.58. The van der Waals surface area contributed by atoms with E-state index in [4.69, 9.17) is 14.2 Å². The molecule has 1 saturated heterocycles. The number of carbonyl (C=O) groups excluding carboxylic acids is 1. The summed E-state index contributed by atoms with van der Waals surface area (Å²) in [5.41, 5.74) is 2.06. The Balaban J connectivity index is 1.43. The summed E-state index contributed by atoms with van der Waals surface area (Å²) in [6.45, 7) is 4.52. The fourth-order valence-electron chi connectivity index (χ4n) is 3.08. The van der Waals surface area contributed by atoms with E-state index in [9.17, 15) is 14.9 Å². The van der Waals surface area contributed by atoms with Crippen molar-refractivity contribution in [1.29, 1.82) is 0 Å². The molecular formula is C21H25N3O6. The van der Waals surface area contributed by atoms with Crippen molar-refractivity contribution in [2.24, 2.45) is 0 Å². The molecule has 0 saturated carbocycles. The van der Waals surface area contributed by atoms with Crippen LogP contribution < -0.4 is 14.8 Å². The molecule has 0 spiro atoms. The highest BCUT2D eigenvalue weighted by molar-refractivity contribution is 5.77. The van der Waals surface area contributed by atoms with Crippen LogP contribution in [0.3, 0.4) is 0 Å². The fourth-order valence-corrected chi connectivity index (χ4v) is 3.08. The number of rotatable bonds is 9. The van der Waals surface area contributed by atoms with Gasteiger partial charge in [0.1, 0.15) is 5.75 Å². The maximum absolute atomic E-state index is 12.1. The number of benzene rings is 2. The van der Waals surface area contributed by atoms with E-state index in [2.05, 4.69) is 22.3 Å². The van der Waals surface area contributed by atoms with Gasteiger partial charge in [-0.1, -0.05) is 24.3 Å². The number of methoxy groups -OCH3 is 1. The minimum Gasteiger partial charge on any atom is -0.490 e. The molecule has 0 aromatic heterocycles. The molecule has 30 heavy (non-hydrogen) atoms. The first-order valence-electron chi connectivity index (χ1n) is 9.65. The number of amides is 1. The number of nitro benzene ring substituents is 1. The van der Waals surface area contributed by atoms with Gasteiger partial charge in [0.05, 0.1) is 25.2 Å². The Morgan fingerprint density at radius 2 is 1.87 bits per heavy atom. The lowest BCUT2D eigenvalue weighted by molar-refractivity contribution is -0.385. The molecule has 2 aromatic carbocycles. The SMILES string of the molecule is COc1cc(OCC(=O)NCc2ccc(CN3CCOCC3)cc2)ccc1[N+](=O)[O-]. The molecule has 0 aliphatic carbocycles. The molecule has 9 nitrogen and oxygen atoms in total. The average Bonchev–Trinajstić information content (AvgIpc) is 2.77. The van der Waals surface area contributed by atoms with Gasteiger partial charge >= 0.3 is 5.69 Å². The van der Waals surface area contributed by atoms with E-state index >= 15 is 0 Å². The Morgan fingerprint density at radius 3 is 2.53 bits per heavy atom. The van der Waals surface area contributed by atoms with Crippen molar-refractivity contribution in [3.05, 3.63) is 63.7 Å². The zero-order chi connectivity index (χ0) is 21.3. The molecule has 1 aliphatic heterocycles. The highest BCUT2D eigenvalue weighted by atomic mass is 16.6. The van der Waals surface area contributed by atoms with Gasteiger partial charge in [0.2, 0.25) is 5.75 Å². The van der Waals surface area contributed by atoms with Crippen LogP contribution in [0.1, 0.15) is 11.1 Å². The molecular weight excluding hydrogens is 390 g/mol. The highest BCUT2D eigenvalue weighted by Crippen LogP contribution is 2.30. The quantitative estimate of drug-likeness (QED) is 0.494. The van der Waals surface area contributed by atoms with Gasteiger partial charge in [-0.05, 0) is 17.2 Å². The summed E-state index contributed by atoms with van der Waals surface area (Å²) in [6, 6.07) is 12.2. The molecule has 9 heteroatoms. The molecule has 3 rings (SSSR count). The van der Waals surface area contributed by atoms with Crippen molar-refractivity contribution in [1.82, 2.24) is 10.2 Å². The molecule has 1 fully saturated rings. The smallest absolute Gasteiger partial charge is 0.311 e. The number of nitro groups is 1. The van der Waals surface area contributed by atoms with Gasteiger partial charge in [0.25, 0.3) is 5.91 Å². The lowest BCUT2D eigenvalue weighted by Crippen LogP contribution is -2.35. The van der Waals surface area contributed by atoms with Crippen molar-refractivity contribution in [3.8, 4) is 11.5 Å². The molecule has 1 heterocycles. The minimum absolute atomic E-state index is 0.0788. The number of hydrogen-bond donors (Lipinski definition) is 1. The van der Waals surface area contributed by atoms with Gasteiger partial charge in [-0.3, -0.25) is 19.8 Å². The van der Waals surface area contributed by atoms with E-state index in [0.29, 0.717) is 12.3 Å². The number of nitrogens with zero attached hydrogens (tertiary/aromatic N) is 2. The summed E-state index contributed by atoms with van der Waals surface area (Å²) < 4.78 is 15.8. The van der Waals surface area contributed by atoms with Crippen LogP contribution in [0, 0.1) is 10.1 Å². The van der Waals surface area contributed by atoms with Crippen LogP contribution in [0.5, 0.6) is 11.5 Å². The summed E-state index contributed by atoms with van der Waals surface area (Å²) in [4.78, 5) is 24.8. The van der Waals surface area contributed by atoms with E-state index < -0.39 is 4.92 Å². The monoisotopic (exact) mass is 415 g/mol. The minimum atomic E-state index is -0.540. The van der Waals surface area contributed by atoms with Crippen LogP contribution in [0.25, 0.3) is 0 Å². The van der Waals surface area contributed by atoms with Crippen molar-refractivity contribution in [3.63, 3.8) is 0 Å². The third-order valence-corrected chi connectivity index (χ3v) is 4.74. The number of morpholine rings is 1. The van der Waals surface area contributed by atoms with Crippen LogP contribution in [0.15, 0.2) is 42.5 Å². The van der Waals surface area contributed by atoms with Crippen molar-refractivity contribution < 1.29 is 23.9 Å². The average molecular weight is 415 g/mol. The van der Waals surface area contributed by atoms with E-state index in [1.54, 1.807) is 0 Å². The van der Waals surface area contributed by atoms with E-state index in [1.807, 2.05) is 12.1 Å². The van der Waals surface area contributed by atoms with Gasteiger partial charge in [0, 0.05) is 38.3 Å². The number of ether oxygens (including phenoxy) is 3. The Morgan fingerprint density at radius 1 is 1.17 bits per heavy atom. The van der Waals surface area contributed by atoms with Gasteiger partial charge < -0.3 is 19.5 Å². The number of hydrogen-bond acceptors (Lipinski definition) is 7. The van der Waals surface area contributed by atoms with Crippen LogP contribution >= 0.6 is 0 Å². The summed E-state index contributed by atoms with van der Waals surface area (Å²) in [5.74, 6) is 0.111. The third-order valence-electron chi connectivity index (χ3n) is 4.74. The van der Waals surface area contributed by atoms with Crippen molar-refractivity contribution in [2.45, 2.75) is 13.1 Å². The molecule has 0 radical (unpaired) electrons. The summed E-state index contributed by atoms with van der Waals surface area (Å²) >= 11 is 0. The molecule has 0 unspecified atom stereocenters. The zero-order valence-electron chi connectivity index (χ0n) is 16.8. The summed E-state index contributed by atoms with van der Waals surface area (Å²) in [7, 11) is 1.34. The number of nitrogens with one attached hydrogen (secondary N) is 1. The highest BCUT2D eigenvalue weighted by Gasteiger charge is 2.15. The summed E-state index contributed by atoms with van der Waals surface area (Å²) in [5, 5.41) is 13.7. The van der Waals surface area contributed by atoms with E-state index in [0.717, 1.165) is 38.4 Å². The molecule has 0 atom stereocenters. The molecule has 1 aliphatic rings. The van der Waals surface area contributed by atoms with Crippen LogP contribution in [-0.2, 0) is 22.6 Å². The fraction of sp³-hybridized carbons (Fsp3) is 0.381. The lowest BCUT2D eigenvalue weighted by Gasteiger charge is -2.26. The molecule has 2 aromatic rings. The van der Waals surface area contributed by atoms with Crippen molar-refractivity contribution >= 4 is 11.6 Å².